The van der Waals surface area contributed by atoms with E-state index in [1.54, 1.807) is 0 Å². The predicted molar refractivity (Wildman–Crippen MR) is 211 cm³/mol. The van der Waals surface area contributed by atoms with Crippen LogP contribution in [0.15, 0.2) is 134 Å². The molecule has 0 N–H and O–H groups in total. The van der Waals surface area contributed by atoms with Crippen molar-refractivity contribution in [1.29, 1.82) is 0 Å². The van der Waals surface area contributed by atoms with Crippen molar-refractivity contribution in [2.75, 3.05) is 6.61 Å². The van der Waals surface area contributed by atoms with Gasteiger partial charge >= 0.3 is 5.97 Å². The van der Waals surface area contributed by atoms with Gasteiger partial charge in [0.15, 0.2) is 0 Å². The molecule has 0 saturated carbocycles. The van der Waals surface area contributed by atoms with Crippen molar-refractivity contribution in [1.82, 2.24) is 0 Å². The minimum atomic E-state index is -0.265. The lowest BCUT2D eigenvalue weighted by Crippen LogP contribution is -2.19. The van der Waals surface area contributed by atoms with E-state index >= 15 is 0 Å². The van der Waals surface area contributed by atoms with Gasteiger partial charge in [0.2, 0.25) is 0 Å². The van der Waals surface area contributed by atoms with Crippen molar-refractivity contribution in [3.8, 4) is 0 Å². The lowest BCUT2D eigenvalue weighted by Gasteiger charge is -2.10. The number of carbonyl (C=O) groups is 2. The van der Waals surface area contributed by atoms with E-state index in [-0.39, 0.29) is 24.3 Å². The number of hydrogen-bond acceptors (Lipinski definition) is 3. The molecule has 0 radical (unpaired) electrons. The summed E-state index contributed by atoms with van der Waals surface area (Å²) in [6.45, 7) is 6.31. The zero-order chi connectivity index (χ0) is 35.0. The zero-order valence-electron chi connectivity index (χ0n) is 30.5. The number of esters is 1. The standard InChI is InChI=1S/C45H66O3/c1-4-6-8-10-12-14-16-18-20-22-23-25-26-28-30-32-34-36-38-40-44(46)43(3)42-48-45(47)41-39-37-35-33-31-29-27-24-21-19-17-15-13-11-9-7-5-2/h6-9,12-15,18-21,23,25,27-30,33-36,43H,4-5,10-11,16-17,22,24,26,31-32,37-42H2,1-3H3/b8-6-,9-7-,14-12-,15-13-,20-18-,21-19-,25-23-,29-27-,30-28-,35-33-,36-34-. The van der Waals surface area contributed by atoms with Gasteiger partial charge in [-0.05, 0) is 89.9 Å². The van der Waals surface area contributed by atoms with Gasteiger partial charge in [0.05, 0.1) is 0 Å². The number of carbonyl (C=O) groups excluding carboxylic acids is 2. The second-order valence-corrected chi connectivity index (χ2v) is 11.6. The third-order valence-electron chi connectivity index (χ3n) is 7.11. The summed E-state index contributed by atoms with van der Waals surface area (Å²) in [5.74, 6) is -0.348. The second kappa shape index (κ2) is 37.7. The van der Waals surface area contributed by atoms with Gasteiger partial charge in [-0.2, -0.15) is 0 Å². The highest BCUT2D eigenvalue weighted by molar-refractivity contribution is 5.81. The van der Waals surface area contributed by atoms with Crippen LogP contribution in [0.3, 0.4) is 0 Å². The first-order chi connectivity index (χ1) is 23.6. The summed E-state index contributed by atoms with van der Waals surface area (Å²) in [6.07, 6.45) is 61.9. The Labute approximate surface area is 295 Å². The minimum absolute atomic E-state index is 0.140. The number of ether oxygens (including phenoxy) is 1. The SMILES string of the molecule is CC/C=C\C/C=C\C/C=C\C/C=C\C/C=C\C/C=C\CCC(=O)C(C)COC(=O)CCC/C=C\C/C=C\C/C=C\C/C=C\C/C=C\CC. The number of unbranched alkanes of at least 4 members (excludes halogenated alkanes) is 1. The second-order valence-electron chi connectivity index (χ2n) is 11.6. The Kier molecular flexibility index (Phi) is 34.8. The smallest absolute Gasteiger partial charge is 0.305 e. The van der Waals surface area contributed by atoms with Crippen LogP contribution in [-0.4, -0.2) is 18.4 Å². The summed E-state index contributed by atoms with van der Waals surface area (Å²) in [5.41, 5.74) is 0. The summed E-state index contributed by atoms with van der Waals surface area (Å²) in [4.78, 5) is 24.4. The maximum Gasteiger partial charge on any atom is 0.305 e. The van der Waals surface area contributed by atoms with Crippen LogP contribution in [0.25, 0.3) is 0 Å². The largest absolute Gasteiger partial charge is 0.465 e. The molecular weight excluding hydrogens is 588 g/mol. The molecule has 0 aromatic rings. The van der Waals surface area contributed by atoms with Gasteiger partial charge in [-0.25, -0.2) is 0 Å². The van der Waals surface area contributed by atoms with E-state index in [0.717, 1.165) is 89.9 Å². The highest BCUT2D eigenvalue weighted by atomic mass is 16.5. The Morgan fingerprint density at radius 1 is 0.438 bits per heavy atom. The predicted octanol–water partition coefficient (Wildman–Crippen LogP) is 13.1. The summed E-state index contributed by atoms with van der Waals surface area (Å²) in [6, 6.07) is 0. The van der Waals surface area contributed by atoms with E-state index in [1.807, 2.05) is 6.92 Å². The van der Waals surface area contributed by atoms with Crippen LogP contribution >= 0.6 is 0 Å². The van der Waals surface area contributed by atoms with Crippen LogP contribution in [0.5, 0.6) is 0 Å². The molecule has 0 fully saturated rings. The maximum atomic E-state index is 12.4. The Morgan fingerprint density at radius 2 is 0.750 bits per heavy atom. The van der Waals surface area contributed by atoms with Gasteiger partial charge in [0.1, 0.15) is 12.4 Å². The lowest BCUT2D eigenvalue weighted by atomic mass is 10.0. The number of rotatable bonds is 30. The van der Waals surface area contributed by atoms with E-state index < -0.39 is 0 Å². The molecule has 3 nitrogen and oxygen atoms in total. The average molecular weight is 655 g/mol. The Hall–Kier alpha value is -3.72. The van der Waals surface area contributed by atoms with E-state index in [0.29, 0.717) is 12.8 Å². The molecular formula is C45H66O3. The fourth-order valence-corrected chi connectivity index (χ4v) is 4.23. The van der Waals surface area contributed by atoms with E-state index in [1.165, 1.54) is 0 Å². The van der Waals surface area contributed by atoms with Crippen molar-refractivity contribution in [2.24, 2.45) is 5.92 Å². The third-order valence-corrected chi connectivity index (χ3v) is 7.11. The fraction of sp³-hybridized carbons (Fsp3) is 0.467. The van der Waals surface area contributed by atoms with E-state index in [2.05, 4.69) is 148 Å². The molecule has 0 aliphatic heterocycles. The average Bonchev–Trinajstić information content (AvgIpc) is 3.09. The lowest BCUT2D eigenvalue weighted by molar-refractivity contribution is -0.146. The summed E-state index contributed by atoms with van der Waals surface area (Å²) >= 11 is 0. The normalized spacial score (nSPS) is 13.9. The Morgan fingerprint density at radius 3 is 1.10 bits per heavy atom. The molecule has 0 aliphatic rings. The van der Waals surface area contributed by atoms with E-state index in [4.69, 9.17) is 4.74 Å². The van der Waals surface area contributed by atoms with Crippen molar-refractivity contribution >= 4 is 11.8 Å². The highest BCUT2D eigenvalue weighted by Crippen LogP contribution is 2.08. The Balaban J connectivity index is 3.78. The van der Waals surface area contributed by atoms with Gasteiger partial charge in [-0.15, -0.1) is 0 Å². The van der Waals surface area contributed by atoms with Gasteiger partial charge in [-0.1, -0.05) is 154 Å². The first-order valence-corrected chi connectivity index (χ1v) is 18.4. The van der Waals surface area contributed by atoms with Gasteiger partial charge < -0.3 is 4.74 Å². The van der Waals surface area contributed by atoms with Crippen molar-refractivity contribution in [3.05, 3.63) is 134 Å². The monoisotopic (exact) mass is 655 g/mol. The summed E-state index contributed by atoms with van der Waals surface area (Å²) < 4.78 is 5.35. The minimum Gasteiger partial charge on any atom is -0.465 e. The first-order valence-electron chi connectivity index (χ1n) is 18.4. The van der Waals surface area contributed by atoms with Crippen molar-refractivity contribution in [2.45, 2.75) is 124 Å². The topological polar surface area (TPSA) is 43.4 Å². The quantitative estimate of drug-likeness (QED) is 0.0440. The van der Waals surface area contributed by atoms with Gasteiger partial charge in [0.25, 0.3) is 0 Å². The first kappa shape index (κ1) is 44.3. The molecule has 0 saturated heterocycles. The molecule has 0 spiro atoms. The number of ketones is 1. The number of allylic oxidation sites excluding steroid dienone is 22. The molecule has 0 aliphatic carbocycles. The summed E-state index contributed by atoms with van der Waals surface area (Å²) in [5, 5.41) is 0. The van der Waals surface area contributed by atoms with E-state index in [9.17, 15) is 9.59 Å². The number of hydrogen-bond donors (Lipinski definition) is 0. The molecule has 0 amide bonds. The zero-order valence-corrected chi connectivity index (χ0v) is 30.5. The molecule has 264 valence electrons. The molecule has 0 heterocycles. The third kappa shape index (κ3) is 35.1. The molecule has 0 aromatic carbocycles. The van der Waals surface area contributed by atoms with Gasteiger partial charge in [0, 0.05) is 18.8 Å². The van der Waals surface area contributed by atoms with Crippen LogP contribution in [0.1, 0.15) is 124 Å². The molecule has 3 heteroatoms. The molecule has 48 heavy (non-hydrogen) atoms. The fourth-order valence-electron chi connectivity index (χ4n) is 4.23. The van der Waals surface area contributed by atoms with Crippen LogP contribution in [-0.2, 0) is 14.3 Å². The van der Waals surface area contributed by atoms with Crippen molar-refractivity contribution in [3.63, 3.8) is 0 Å². The van der Waals surface area contributed by atoms with Crippen molar-refractivity contribution < 1.29 is 14.3 Å². The highest BCUT2D eigenvalue weighted by Gasteiger charge is 2.14. The van der Waals surface area contributed by atoms with Gasteiger partial charge in [-0.3, -0.25) is 9.59 Å². The molecule has 0 aromatic heterocycles. The molecule has 1 unspecified atom stereocenters. The molecule has 0 bridgehead atoms. The van der Waals surface area contributed by atoms with Crippen LogP contribution in [0.4, 0.5) is 0 Å². The maximum absolute atomic E-state index is 12.4. The summed E-state index contributed by atoms with van der Waals surface area (Å²) in [7, 11) is 0. The molecule has 1 atom stereocenters. The van der Waals surface area contributed by atoms with Crippen LogP contribution in [0.2, 0.25) is 0 Å². The molecule has 0 rings (SSSR count). The Bertz CT molecular complexity index is 1100. The van der Waals surface area contributed by atoms with Crippen LogP contribution < -0.4 is 0 Å². The number of Topliss-reactive ketones (excluding diaryl/α,β-unsaturated/α-hetero) is 1. The van der Waals surface area contributed by atoms with Crippen LogP contribution in [0, 0.1) is 5.92 Å².